The van der Waals surface area contributed by atoms with E-state index in [4.69, 9.17) is 9.97 Å². The number of benzene rings is 5. The number of pyridine rings is 2. The van der Waals surface area contributed by atoms with Gasteiger partial charge in [-0.1, -0.05) is 91.0 Å². The minimum absolute atomic E-state index is 0.663. The predicted octanol–water partition coefficient (Wildman–Crippen LogP) is 11.9. The zero-order valence-corrected chi connectivity index (χ0v) is 30.4. The lowest BCUT2D eigenvalue weighted by Gasteiger charge is -2.18. The number of hydrogen-bond donors (Lipinski definition) is 0. The first-order valence-electron chi connectivity index (χ1n) is 19.0. The number of fused-ring (bicyclic) bond motifs is 6. The van der Waals surface area contributed by atoms with Crippen molar-refractivity contribution in [2.24, 2.45) is 0 Å². The maximum Gasteiger partial charge on any atom is 0.160 e. The first kappa shape index (κ1) is 32.0. The van der Waals surface area contributed by atoms with Crippen LogP contribution in [0.3, 0.4) is 0 Å². The molecule has 0 fully saturated rings. The van der Waals surface area contributed by atoms with Crippen LogP contribution < -0.4 is 0 Å². The highest BCUT2D eigenvalue weighted by molar-refractivity contribution is 6.09. The second kappa shape index (κ2) is 13.1. The summed E-state index contributed by atoms with van der Waals surface area (Å²) < 4.78 is 4.91. The quantitative estimate of drug-likeness (QED) is 0.172. The Balaban J connectivity index is 1.10. The number of allylic oxidation sites excluding steroid dienone is 1. The smallest absolute Gasteiger partial charge is 0.160 e. The third-order valence-electron chi connectivity index (χ3n) is 11.0. The van der Waals surface area contributed by atoms with E-state index in [0.29, 0.717) is 5.82 Å². The average molecular weight is 719 g/mol. The molecule has 0 radical (unpaired) electrons. The van der Waals surface area contributed by atoms with E-state index in [1.165, 1.54) is 44.0 Å². The van der Waals surface area contributed by atoms with Gasteiger partial charge in [0, 0.05) is 80.3 Å². The minimum Gasteiger partial charge on any atom is -0.313 e. The van der Waals surface area contributed by atoms with Gasteiger partial charge in [-0.2, -0.15) is 0 Å². The number of hydrogen-bond acceptors (Lipinski definition) is 4. The van der Waals surface area contributed by atoms with Crippen molar-refractivity contribution in [3.05, 3.63) is 188 Å². The van der Waals surface area contributed by atoms with E-state index in [1.54, 1.807) is 24.8 Å². The van der Waals surface area contributed by atoms with Crippen molar-refractivity contribution < 1.29 is 0 Å². The van der Waals surface area contributed by atoms with E-state index < -0.39 is 0 Å². The summed E-state index contributed by atoms with van der Waals surface area (Å²) in [6.45, 7) is 0. The summed E-state index contributed by atoms with van der Waals surface area (Å²) in [6, 6.07) is 51.9. The largest absolute Gasteiger partial charge is 0.313 e. The van der Waals surface area contributed by atoms with E-state index in [1.807, 2.05) is 30.3 Å². The third-order valence-corrected chi connectivity index (χ3v) is 11.0. The maximum absolute atomic E-state index is 5.06. The molecule has 56 heavy (non-hydrogen) atoms. The fourth-order valence-corrected chi connectivity index (χ4v) is 8.42. The van der Waals surface area contributed by atoms with Crippen molar-refractivity contribution in [1.29, 1.82) is 0 Å². The van der Waals surface area contributed by atoms with Gasteiger partial charge in [-0.15, -0.1) is 0 Å². The lowest BCUT2D eigenvalue weighted by atomic mass is 10.0. The Hall–Kier alpha value is -7.44. The molecule has 0 amide bonds. The van der Waals surface area contributed by atoms with E-state index in [2.05, 4.69) is 147 Å². The normalized spacial score (nSPS) is 12.4. The van der Waals surface area contributed by atoms with Crippen LogP contribution in [0.25, 0.3) is 95.2 Å². The second-order valence-electron chi connectivity index (χ2n) is 14.3. The van der Waals surface area contributed by atoms with Crippen molar-refractivity contribution >= 4 is 38.8 Å². The van der Waals surface area contributed by atoms with Gasteiger partial charge >= 0.3 is 0 Å². The Morgan fingerprint density at radius 2 is 0.946 bits per heavy atom. The van der Waals surface area contributed by atoms with Crippen LogP contribution in [-0.2, 0) is 6.42 Å². The van der Waals surface area contributed by atoms with Crippen LogP contribution in [0.1, 0.15) is 17.7 Å². The summed E-state index contributed by atoms with van der Waals surface area (Å²) in [5.74, 6) is 0.663. The summed E-state index contributed by atoms with van der Waals surface area (Å²) in [7, 11) is 0. The molecular formula is C50H34N6. The fourth-order valence-electron chi connectivity index (χ4n) is 8.42. The molecule has 5 aromatic carbocycles. The number of aromatic nitrogens is 6. The summed E-state index contributed by atoms with van der Waals surface area (Å²) in [4.78, 5) is 18.6. The maximum atomic E-state index is 5.06. The molecule has 0 spiro atoms. The van der Waals surface area contributed by atoms with Gasteiger partial charge in [0.1, 0.15) is 0 Å². The van der Waals surface area contributed by atoms with E-state index in [0.717, 1.165) is 63.4 Å². The van der Waals surface area contributed by atoms with Crippen LogP contribution >= 0.6 is 0 Å². The molecular weight excluding hydrogens is 685 g/mol. The van der Waals surface area contributed by atoms with Gasteiger partial charge in [0.05, 0.1) is 27.9 Å². The van der Waals surface area contributed by atoms with E-state index in [-0.39, 0.29) is 0 Å². The molecule has 0 unspecified atom stereocenters. The van der Waals surface area contributed by atoms with Crippen molar-refractivity contribution in [3.63, 3.8) is 0 Å². The highest BCUT2D eigenvalue weighted by Gasteiger charge is 2.21. The van der Waals surface area contributed by atoms with E-state index >= 15 is 0 Å². The Kier molecular flexibility index (Phi) is 7.52. The van der Waals surface area contributed by atoms with Crippen LogP contribution in [0.4, 0.5) is 0 Å². The van der Waals surface area contributed by atoms with Crippen molar-refractivity contribution in [2.75, 3.05) is 0 Å². The Labute approximate surface area is 323 Å². The van der Waals surface area contributed by atoms with Crippen LogP contribution in [0.5, 0.6) is 0 Å². The molecule has 5 aromatic heterocycles. The molecule has 1 aliphatic rings. The summed E-state index contributed by atoms with van der Waals surface area (Å²) in [6.07, 6.45) is 13.8. The zero-order valence-electron chi connectivity index (χ0n) is 30.4. The van der Waals surface area contributed by atoms with Crippen molar-refractivity contribution in [2.45, 2.75) is 12.8 Å². The Morgan fingerprint density at radius 1 is 0.429 bits per heavy atom. The Bertz CT molecular complexity index is 3010. The van der Waals surface area contributed by atoms with Crippen LogP contribution in [-0.4, -0.2) is 29.1 Å². The highest BCUT2D eigenvalue weighted by Crippen LogP contribution is 2.39. The Morgan fingerprint density at radius 3 is 1.55 bits per heavy atom. The van der Waals surface area contributed by atoms with Gasteiger partial charge in [0.15, 0.2) is 5.82 Å². The monoisotopic (exact) mass is 718 g/mol. The van der Waals surface area contributed by atoms with Crippen molar-refractivity contribution in [3.8, 4) is 56.4 Å². The van der Waals surface area contributed by atoms with Gasteiger partial charge in [0.2, 0.25) is 0 Å². The van der Waals surface area contributed by atoms with Crippen LogP contribution in [0.2, 0.25) is 0 Å². The zero-order chi connectivity index (χ0) is 37.0. The molecule has 6 nitrogen and oxygen atoms in total. The second-order valence-corrected chi connectivity index (χ2v) is 14.3. The van der Waals surface area contributed by atoms with Crippen LogP contribution in [0, 0.1) is 0 Å². The fraction of sp³-hybridized carbons (Fsp3) is 0.0400. The van der Waals surface area contributed by atoms with E-state index in [9.17, 15) is 0 Å². The molecule has 5 heterocycles. The molecule has 0 aliphatic heterocycles. The molecule has 11 rings (SSSR count). The van der Waals surface area contributed by atoms with Gasteiger partial charge in [-0.25, -0.2) is 9.97 Å². The predicted molar refractivity (Wildman–Crippen MR) is 228 cm³/mol. The molecule has 0 atom stereocenters. The van der Waals surface area contributed by atoms with Gasteiger partial charge < -0.3 is 9.13 Å². The third kappa shape index (κ3) is 5.34. The molecule has 10 aromatic rings. The summed E-state index contributed by atoms with van der Waals surface area (Å²) in [5, 5.41) is 3.77. The molecule has 264 valence electrons. The minimum atomic E-state index is 0.663. The summed E-state index contributed by atoms with van der Waals surface area (Å²) >= 11 is 0. The molecule has 6 heteroatoms. The van der Waals surface area contributed by atoms with Gasteiger partial charge in [-0.3, -0.25) is 9.97 Å². The molecule has 0 saturated heterocycles. The molecule has 0 bridgehead atoms. The first-order valence-corrected chi connectivity index (χ1v) is 19.0. The lowest BCUT2D eigenvalue weighted by molar-refractivity contribution is 0.888. The number of nitrogens with zero attached hydrogens (tertiary/aromatic N) is 6. The highest BCUT2D eigenvalue weighted by atomic mass is 15.0. The first-order chi connectivity index (χ1) is 27.8. The number of rotatable bonds is 6. The SMILES string of the molecule is C1=Cc2c(n(-c3cc(-c4ccc(-c5nc(-c6ccncc6)cc(-c6ccncc6)n5)cc4)cc(-n4c5ccccc5c5ccccc54)c3)c3ccccc23)CC1. The lowest BCUT2D eigenvalue weighted by Crippen LogP contribution is -2.05. The molecule has 0 saturated carbocycles. The number of para-hydroxylation sites is 3. The summed E-state index contributed by atoms with van der Waals surface area (Å²) in [5.41, 5.74) is 15.4. The molecule has 0 N–H and O–H groups in total. The molecule has 1 aliphatic carbocycles. The van der Waals surface area contributed by atoms with Crippen molar-refractivity contribution in [1.82, 2.24) is 29.1 Å². The van der Waals surface area contributed by atoms with Gasteiger partial charge in [0.25, 0.3) is 0 Å². The van der Waals surface area contributed by atoms with Crippen LogP contribution in [0.15, 0.2) is 176 Å². The topological polar surface area (TPSA) is 61.4 Å². The van der Waals surface area contributed by atoms with Gasteiger partial charge in [-0.05, 0) is 90.7 Å². The average Bonchev–Trinajstić information content (AvgIpc) is 3.80. The standard InChI is InChI=1S/C50H34N6/c1-5-13-46-40(9-1)41-10-2-6-14-47(41)55(46)38-29-37(30-39(31-38)56-48-15-7-3-11-42(48)43-12-4-8-16-49(43)56)33-17-19-36(20-18-33)50-53-44(34-21-25-51-26-22-34)32-45(54-50)35-23-27-52-28-24-35/h1-7,9-15,17-32H,8,16H2.